The van der Waals surface area contributed by atoms with Crippen molar-refractivity contribution < 1.29 is 41.9 Å². The molecule has 1 saturated heterocycles. The van der Waals surface area contributed by atoms with Crippen LogP contribution < -0.4 is 16.0 Å². The second-order valence-electron chi connectivity index (χ2n) is 14.5. The molecule has 3 N–H and O–H groups in total. The summed E-state index contributed by atoms with van der Waals surface area (Å²) in [6, 6.07) is 4.84. The van der Waals surface area contributed by atoms with E-state index in [0.29, 0.717) is 43.6 Å². The summed E-state index contributed by atoms with van der Waals surface area (Å²) in [5, 5.41) is 8.16. The number of sulfone groups is 1. The summed E-state index contributed by atoms with van der Waals surface area (Å²) >= 11 is 0. The molecule has 1 aliphatic rings. The van der Waals surface area contributed by atoms with Gasteiger partial charge in [0, 0.05) is 50.3 Å². The Morgan fingerprint density at radius 3 is 2.12 bits per heavy atom. The molecule has 1 unspecified atom stereocenters. The lowest BCUT2D eigenvalue weighted by Crippen LogP contribution is -2.53. The Balaban J connectivity index is 1.79. The molecule has 15 heteroatoms. The fourth-order valence-electron chi connectivity index (χ4n) is 5.49. The third-order valence-electron chi connectivity index (χ3n) is 8.55. The lowest BCUT2D eigenvalue weighted by Gasteiger charge is -2.24. The molecule has 286 valence electrons. The van der Waals surface area contributed by atoms with Crippen LogP contribution in [0, 0.1) is 23.7 Å². The summed E-state index contributed by atoms with van der Waals surface area (Å²) in [7, 11) is -3.25. The molecular weight excluding hydrogens is 678 g/mol. The van der Waals surface area contributed by atoms with Crippen LogP contribution in [0.15, 0.2) is 24.3 Å². The van der Waals surface area contributed by atoms with E-state index < -0.39 is 39.8 Å². The van der Waals surface area contributed by atoms with Gasteiger partial charge in [0.05, 0.1) is 5.75 Å². The molecule has 0 aliphatic carbocycles. The molecular formula is C36H57N5O9S. The van der Waals surface area contributed by atoms with E-state index >= 15 is 0 Å². The van der Waals surface area contributed by atoms with Crippen LogP contribution in [0.5, 0.6) is 0 Å². The second kappa shape index (κ2) is 20.1. The number of rotatable bonds is 20. The van der Waals surface area contributed by atoms with Crippen molar-refractivity contribution in [2.45, 2.75) is 99.3 Å². The zero-order valence-electron chi connectivity index (χ0n) is 31.3. The molecule has 0 radical (unpaired) electrons. The van der Waals surface area contributed by atoms with E-state index in [1.807, 2.05) is 27.7 Å². The van der Waals surface area contributed by atoms with Gasteiger partial charge in [0.25, 0.3) is 0 Å². The van der Waals surface area contributed by atoms with E-state index in [0.717, 1.165) is 6.26 Å². The lowest BCUT2D eigenvalue weighted by molar-refractivity contribution is -0.140. The van der Waals surface area contributed by atoms with Gasteiger partial charge in [-0.2, -0.15) is 0 Å². The van der Waals surface area contributed by atoms with E-state index in [-0.39, 0.29) is 73.1 Å². The Hall–Kier alpha value is -4.01. The van der Waals surface area contributed by atoms with E-state index in [4.69, 9.17) is 4.74 Å². The van der Waals surface area contributed by atoms with Crippen LogP contribution in [0.25, 0.3) is 0 Å². The van der Waals surface area contributed by atoms with Crippen LogP contribution in [-0.2, 0) is 45.2 Å². The van der Waals surface area contributed by atoms with Crippen molar-refractivity contribution in [1.82, 2.24) is 20.4 Å². The number of imide groups is 1. The number of hydrogen-bond acceptors (Lipinski definition) is 9. The number of carbonyl (C=O) groups is 6. The van der Waals surface area contributed by atoms with Crippen LogP contribution in [0.1, 0.15) is 86.1 Å². The number of carbonyl (C=O) groups excluding carboxylic acids is 6. The maximum atomic E-state index is 13.1. The van der Waals surface area contributed by atoms with Crippen molar-refractivity contribution in [2.24, 2.45) is 23.7 Å². The van der Waals surface area contributed by atoms with Crippen LogP contribution >= 0.6 is 0 Å². The molecule has 3 atom stereocenters. The third-order valence-corrected chi connectivity index (χ3v) is 9.47. The van der Waals surface area contributed by atoms with Gasteiger partial charge in [0.2, 0.25) is 29.5 Å². The van der Waals surface area contributed by atoms with E-state index in [1.165, 1.54) is 16.7 Å². The topological polar surface area (TPSA) is 188 Å². The number of nitrogens with one attached hydrogen (secondary N) is 3. The average molecular weight is 736 g/mol. The minimum atomic E-state index is -3.25. The number of unbranched alkanes of at least 4 members (excludes halogenated alkanes) is 2. The number of likely N-dealkylation sites (tertiary alicyclic amines) is 1. The highest BCUT2D eigenvalue weighted by Gasteiger charge is 2.39. The Morgan fingerprint density at radius 2 is 1.57 bits per heavy atom. The van der Waals surface area contributed by atoms with Gasteiger partial charge in [-0.25, -0.2) is 13.2 Å². The Kier molecular flexibility index (Phi) is 17.0. The van der Waals surface area contributed by atoms with Gasteiger partial charge >= 0.3 is 6.09 Å². The summed E-state index contributed by atoms with van der Waals surface area (Å²) < 4.78 is 28.5. The van der Waals surface area contributed by atoms with E-state index in [9.17, 15) is 37.2 Å². The van der Waals surface area contributed by atoms with Crippen molar-refractivity contribution in [3.05, 3.63) is 29.8 Å². The number of benzene rings is 1. The largest absolute Gasteiger partial charge is 0.445 e. The van der Waals surface area contributed by atoms with Gasteiger partial charge in [-0.15, -0.1) is 0 Å². The van der Waals surface area contributed by atoms with Crippen LogP contribution in [-0.4, -0.2) is 97.6 Å². The maximum Gasteiger partial charge on any atom is 0.410 e. The highest BCUT2D eigenvalue weighted by Crippen LogP contribution is 2.26. The molecule has 2 rings (SSSR count). The lowest BCUT2D eigenvalue weighted by atomic mass is 9.94. The zero-order valence-corrected chi connectivity index (χ0v) is 32.1. The van der Waals surface area contributed by atoms with Gasteiger partial charge in [-0.3, -0.25) is 28.9 Å². The molecule has 1 heterocycles. The molecule has 0 aromatic heterocycles. The van der Waals surface area contributed by atoms with E-state index in [1.54, 1.807) is 38.1 Å². The molecule has 6 amide bonds. The van der Waals surface area contributed by atoms with Crippen molar-refractivity contribution in [2.75, 3.05) is 37.0 Å². The normalized spacial score (nSPS) is 16.0. The molecule has 14 nitrogen and oxygen atoms in total. The van der Waals surface area contributed by atoms with Crippen LogP contribution in [0.4, 0.5) is 10.5 Å². The molecule has 1 fully saturated rings. The molecule has 1 aromatic rings. The first kappa shape index (κ1) is 43.2. The van der Waals surface area contributed by atoms with Crippen molar-refractivity contribution in [1.29, 1.82) is 0 Å². The number of ether oxygens (including phenoxy) is 1. The SMILES string of the molecule is CC(C)CN(CCS(C)(=O)=O)C(=O)OCc1ccc(NC(=O)[C@H](C)NC(=O)[C@@H](NC(=O)CCCCCN2C(=O)CC(C(C)C)C2=O)C(C)C)cc1. The van der Waals surface area contributed by atoms with Crippen molar-refractivity contribution in [3.8, 4) is 0 Å². The smallest absolute Gasteiger partial charge is 0.410 e. The summed E-state index contributed by atoms with van der Waals surface area (Å²) in [6.45, 7) is 13.5. The predicted molar refractivity (Wildman–Crippen MR) is 194 cm³/mol. The minimum Gasteiger partial charge on any atom is -0.445 e. The van der Waals surface area contributed by atoms with Crippen molar-refractivity contribution >= 4 is 51.2 Å². The number of anilines is 1. The first-order valence-corrected chi connectivity index (χ1v) is 19.8. The fraction of sp³-hybridized carbons (Fsp3) is 0.667. The molecule has 0 spiro atoms. The molecule has 0 bridgehead atoms. The summed E-state index contributed by atoms with van der Waals surface area (Å²) in [6.07, 6.45) is 2.70. The number of hydrogen-bond donors (Lipinski definition) is 3. The molecule has 1 aliphatic heterocycles. The van der Waals surface area contributed by atoms with E-state index in [2.05, 4.69) is 16.0 Å². The third kappa shape index (κ3) is 15.0. The highest BCUT2D eigenvalue weighted by atomic mass is 32.2. The standard InChI is InChI=1S/C36H57N5O9S/c1-23(2)21-40(18-19-51(8,48)49)36(47)50-22-27-13-15-28(16-14-27)38-33(44)26(7)37-34(45)32(25(5)6)39-30(42)12-10-9-11-17-41-31(43)20-29(24(3)4)35(41)46/h13-16,23-26,29,32H,9-12,17-22H2,1-8H3,(H,37,45)(H,38,44)(H,39,42)/t26-,29?,32-/m0/s1. The molecule has 1 aromatic carbocycles. The summed E-state index contributed by atoms with van der Waals surface area (Å²) in [4.78, 5) is 78.6. The average Bonchev–Trinajstić information content (AvgIpc) is 3.32. The predicted octanol–water partition coefficient (Wildman–Crippen LogP) is 3.50. The molecule has 51 heavy (non-hydrogen) atoms. The van der Waals surface area contributed by atoms with Gasteiger partial charge in [0.1, 0.15) is 28.5 Å². The van der Waals surface area contributed by atoms with Gasteiger partial charge in [0.15, 0.2) is 0 Å². The van der Waals surface area contributed by atoms with Gasteiger partial charge in [-0.1, -0.05) is 60.1 Å². The maximum absolute atomic E-state index is 13.1. The monoisotopic (exact) mass is 735 g/mol. The van der Waals surface area contributed by atoms with Crippen molar-refractivity contribution in [3.63, 3.8) is 0 Å². The zero-order chi connectivity index (χ0) is 38.5. The fourth-order valence-corrected chi connectivity index (χ4v) is 6.04. The summed E-state index contributed by atoms with van der Waals surface area (Å²) in [5.41, 5.74) is 1.11. The molecule has 0 saturated carbocycles. The minimum absolute atomic E-state index is 0.0354. The van der Waals surface area contributed by atoms with Crippen LogP contribution in [0.2, 0.25) is 0 Å². The van der Waals surface area contributed by atoms with Crippen LogP contribution in [0.3, 0.4) is 0 Å². The summed E-state index contributed by atoms with van der Waals surface area (Å²) in [5.74, 6) is -1.97. The van der Waals surface area contributed by atoms with Gasteiger partial charge < -0.3 is 25.6 Å². The second-order valence-corrected chi connectivity index (χ2v) is 16.7. The first-order chi connectivity index (χ1) is 23.8. The first-order valence-electron chi connectivity index (χ1n) is 17.7. The Morgan fingerprint density at radius 1 is 0.922 bits per heavy atom. The quantitative estimate of drug-likeness (QED) is 0.133. The highest BCUT2D eigenvalue weighted by molar-refractivity contribution is 7.90. The Labute approximate surface area is 302 Å². The number of nitrogens with zero attached hydrogens (tertiary/aromatic N) is 2. The number of amides is 6. The van der Waals surface area contributed by atoms with Gasteiger partial charge in [-0.05, 0) is 55.2 Å². The Bertz CT molecular complexity index is 1480.